The second kappa shape index (κ2) is 3.81. The summed E-state index contributed by atoms with van der Waals surface area (Å²) in [5.74, 6) is 0. The molecule has 1 aromatic heterocycles. The highest BCUT2D eigenvalue weighted by molar-refractivity contribution is 7.89. The van der Waals surface area contributed by atoms with Crippen LogP contribution < -0.4 is 4.72 Å². The number of rotatable bonds is 3. The Labute approximate surface area is 102 Å². The van der Waals surface area contributed by atoms with Crippen LogP contribution in [-0.4, -0.2) is 24.2 Å². The molecule has 1 saturated carbocycles. The van der Waals surface area contributed by atoms with E-state index in [1.54, 1.807) is 17.9 Å². The summed E-state index contributed by atoms with van der Waals surface area (Å²) in [7, 11) is -1.68. The van der Waals surface area contributed by atoms with Gasteiger partial charge in [-0.25, -0.2) is 13.1 Å². The van der Waals surface area contributed by atoms with Crippen LogP contribution in [0, 0.1) is 0 Å². The number of hydrogen-bond donors (Lipinski definition) is 1. The van der Waals surface area contributed by atoms with Crippen LogP contribution in [0.2, 0.25) is 0 Å². The molecule has 0 saturated heterocycles. The highest BCUT2D eigenvalue weighted by atomic mass is 32.2. The SMILES string of the molecule is Cn1cc(S(=O)(=O)NC2CC2)c(C(C)(C)C)n1. The van der Waals surface area contributed by atoms with Gasteiger partial charge in [-0.1, -0.05) is 20.8 Å². The lowest BCUT2D eigenvalue weighted by Crippen LogP contribution is -2.28. The van der Waals surface area contributed by atoms with E-state index in [1.807, 2.05) is 20.8 Å². The number of nitrogens with one attached hydrogen (secondary N) is 1. The summed E-state index contributed by atoms with van der Waals surface area (Å²) in [4.78, 5) is 0.305. The molecule has 6 heteroatoms. The van der Waals surface area contributed by atoms with Gasteiger partial charge >= 0.3 is 0 Å². The van der Waals surface area contributed by atoms with Gasteiger partial charge in [-0.2, -0.15) is 5.10 Å². The molecule has 0 aromatic carbocycles. The summed E-state index contributed by atoms with van der Waals surface area (Å²) in [6, 6.07) is 0.119. The summed E-state index contributed by atoms with van der Waals surface area (Å²) < 4.78 is 28.6. The van der Waals surface area contributed by atoms with Gasteiger partial charge in [0.2, 0.25) is 10.0 Å². The van der Waals surface area contributed by atoms with Crippen LogP contribution in [0.5, 0.6) is 0 Å². The van der Waals surface area contributed by atoms with Crippen molar-refractivity contribution in [1.29, 1.82) is 0 Å². The molecule has 1 aliphatic rings. The fraction of sp³-hybridized carbons (Fsp3) is 0.727. The summed E-state index contributed by atoms with van der Waals surface area (Å²) in [5, 5.41) is 4.27. The predicted octanol–water partition coefficient (Wildman–Crippen LogP) is 1.16. The van der Waals surface area contributed by atoms with Crippen LogP contribution in [-0.2, 0) is 22.5 Å². The molecule has 2 rings (SSSR count). The Morgan fingerprint density at radius 1 is 1.41 bits per heavy atom. The topological polar surface area (TPSA) is 64.0 Å². The fourth-order valence-electron chi connectivity index (χ4n) is 1.67. The molecule has 1 heterocycles. The maximum absolute atomic E-state index is 12.2. The monoisotopic (exact) mass is 257 g/mol. The maximum atomic E-state index is 12.2. The second-order valence-electron chi connectivity index (χ2n) is 5.66. The summed E-state index contributed by atoms with van der Waals surface area (Å²) >= 11 is 0. The van der Waals surface area contributed by atoms with Crippen molar-refractivity contribution in [2.75, 3.05) is 0 Å². The third-order valence-electron chi connectivity index (χ3n) is 2.69. The lowest BCUT2D eigenvalue weighted by atomic mass is 9.92. The van der Waals surface area contributed by atoms with Crippen molar-refractivity contribution in [3.63, 3.8) is 0 Å². The van der Waals surface area contributed by atoms with Crippen LogP contribution in [0.4, 0.5) is 0 Å². The second-order valence-corrected chi connectivity index (χ2v) is 7.34. The third kappa shape index (κ3) is 2.69. The minimum atomic E-state index is -3.42. The van der Waals surface area contributed by atoms with E-state index in [0.717, 1.165) is 12.8 Å². The van der Waals surface area contributed by atoms with Gasteiger partial charge in [0.05, 0.1) is 5.69 Å². The molecule has 0 aliphatic heterocycles. The lowest BCUT2D eigenvalue weighted by Gasteiger charge is -2.17. The van der Waals surface area contributed by atoms with E-state index in [1.165, 1.54) is 0 Å². The molecule has 96 valence electrons. The van der Waals surface area contributed by atoms with Gasteiger partial charge in [0.1, 0.15) is 4.90 Å². The molecule has 1 aliphatic carbocycles. The zero-order valence-electron chi connectivity index (χ0n) is 10.7. The Morgan fingerprint density at radius 2 is 2.00 bits per heavy atom. The van der Waals surface area contributed by atoms with Crippen LogP contribution >= 0.6 is 0 Å². The molecule has 0 amide bonds. The van der Waals surface area contributed by atoms with Crippen molar-refractivity contribution in [1.82, 2.24) is 14.5 Å². The van der Waals surface area contributed by atoms with Gasteiger partial charge < -0.3 is 0 Å². The van der Waals surface area contributed by atoms with Gasteiger partial charge in [-0.05, 0) is 12.8 Å². The van der Waals surface area contributed by atoms with Crippen LogP contribution in [0.15, 0.2) is 11.1 Å². The minimum absolute atomic E-state index is 0.119. The zero-order valence-corrected chi connectivity index (χ0v) is 11.5. The smallest absolute Gasteiger partial charge is 0.244 e. The van der Waals surface area contributed by atoms with E-state index < -0.39 is 10.0 Å². The minimum Gasteiger partial charge on any atom is -0.274 e. The molecule has 1 fully saturated rings. The van der Waals surface area contributed by atoms with Crippen molar-refractivity contribution < 1.29 is 8.42 Å². The third-order valence-corrected chi connectivity index (χ3v) is 4.22. The van der Waals surface area contributed by atoms with Crippen molar-refractivity contribution in [3.8, 4) is 0 Å². The fourth-order valence-corrected chi connectivity index (χ4v) is 3.36. The molecule has 0 bridgehead atoms. The van der Waals surface area contributed by atoms with Crippen molar-refractivity contribution in [2.45, 2.75) is 50.0 Å². The van der Waals surface area contributed by atoms with E-state index >= 15 is 0 Å². The van der Waals surface area contributed by atoms with E-state index in [9.17, 15) is 8.42 Å². The van der Waals surface area contributed by atoms with Crippen LogP contribution in [0.25, 0.3) is 0 Å². The zero-order chi connectivity index (χ0) is 12.8. The quantitative estimate of drug-likeness (QED) is 0.883. The van der Waals surface area contributed by atoms with E-state index in [0.29, 0.717) is 10.6 Å². The molecule has 1 aromatic rings. The largest absolute Gasteiger partial charge is 0.274 e. The Balaban J connectivity index is 2.43. The normalized spacial score (nSPS) is 17.4. The summed E-state index contributed by atoms with van der Waals surface area (Å²) in [6.45, 7) is 5.89. The van der Waals surface area contributed by atoms with E-state index in [-0.39, 0.29) is 11.5 Å². The lowest BCUT2D eigenvalue weighted by molar-refractivity contribution is 0.535. The predicted molar refractivity (Wildman–Crippen MR) is 65.3 cm³/mol. The van der Waals surface area contributed by atoms with Crippen molar-refractivity contribution >= 4 is 10.0 Å². The van der Waals surface area contributed by atoms with E-state index in [2.05, 4.69) is 9.82 Å². The molecule has 1 N–H and O–H groups in total. The highest BCUT2D eigenvalue weighted by Crippen LogP contribution is 2.29. The first-order chi connectivity index (χ1) is 7.70. The Kier molecular flexibility index (Phi) is 2.82. The molecule has 0 atom stereocenters. The standard InChI is InChI=1S/C11H19N3O2S/c1-11(2,3)10-9(7-14(4)12-10)17(15,16)13-8-5-6-8/h7-8,13H,5-6H2,1-4H3. The molecule has 0 radical (unpaired) electrons. The number of sulfonamides is 1. The first-order valence-electron chi connectivity index (χ1n) is 5.76. The number of aryl methyl sites for hydroxylation is 1. The molecule has 17 heavy (non-hydrogen) atoms. The molecular weight excluding hydrogens is 238 g/mol. The highest BCUT2D eigenvalue weighted by Gasteiger charge is 2.33. The first-order valence-corrected chi connectivity index (χ1v) is 7.25. The molecule has 0 unspecified atom stereocenters. The summed E-state index contributed by atoms with van der Waals surface area (Å²) in [5.41, 5.74) is 0.336. The maximum Gasteiger partial charge on any atom is 0.244 e. The molecule has 0 spiro atoms. The van der Waals surface area contributed by atoms with Crippen LogP contribution in [0.3, 0.4) is 0 Å². The van der Waals surface area contributed by atoms with Gasteiger partial charge in [0, 0.05) is 24.7 Å². The number of aromatic nitrogens is 2. The first kappa shape index (κ1) is 12.6. The number of hydrogen-bond acceptors (Lipinski definition) is 3. The molecular formula is C11H19N3O2S. The Hall–Kier alpha value is -0.880. The number of nitrogens with zero attached hydrogens (tertiary/aromatic N) is 2. The van der Waals surface area contributed by atoms with E-state index in [4.69, 9.17) is 0 Å². The van der Waals surface area contributed by atoms with Gasteiger partial charge in [-0.3, -0.25) is 4.68 Å². The van der Waals surface area contributed by atoms with Crippen molar-refractivity contribution in [3.05, 3.63) is 11.9 Å². The van der Waals surface area contributed by atoms with Crippen molar-refractivity contribution in [2.24, 2.45) is 7.05 Å². The molecule has 5 nitrogen and oxygen atoms in total. The Morgan fingerprint density at radius 3 is 2.47 bits per heavy atom. The summed E-state index contributed by atoms with van der Waals surface area (Å²) in [6.07, 6.45) is 3.44. The van der Waals surface area contributed by atoms with Gasteiger partial charge in [-0.15, -0.1) is 0 Å². The Bertz CT molecular complexity index is 521. The average molecular weight is 257 g/mol. The van der Waals surface area contributed by atoms with Gasteiger partial charge in [0.25, 0.3) is 0 Å². The van der Waals surface area contributed by atoms with Gasteiger partial charge in [0.15, 0.2) is 0 Å². The van der Waals surface area contributed by atoms with Crippen LogP contribution in [0.1, 0.15) is 39.3 Å². The average Bonchev–Trinajstić information content (AvgIpc) is 2.82.